The topological polar surface area (TPSA) is 52.6 Å². The molecule has 2 rings (SSSR count). The number of carbonyl (C=O) groups is 2. The van der Waals surface area contributed by atoms with E-state index in [0.717, 1.165) is 6.42 Å². The van der Waals surface area contributed by atoms with Crippen LogP contribution in [0.15, 0.2) is 24.3 Å². The second-order valence-corrected chi connectivity index (χ2v) is 6.72. The van der Waals surface area contributed by atoms with Crippen LogP contribution in [0.5, 0.6) is 0 Å². The van der Waals surface area contributed by atoms with Gasteiger partial charge in [0.15, 0.2) is 0 Å². The van der Waals surface area contributed by atoms with Gasteiger partial charge in [0.25, 0.3) is 5.91 Å². The molecular weight excluding hydrogens is 290 g/mol. The fourth-order valence-corrected chi connectivity index (χ4v) is 2.83. The lowest BCUT2D eigenvalue weighted by Gasteiger charge is -2.22. The lowest BCUT2D eigenvalue weighted by molar-refractivity contribution is -0.129. The molecule has 0 aromatic heterocycles. The summed E-state index contributed by atoms with van der Waals surface area (Å²) in [5, 5.41) is 2.78. The Morgan fingerprint density at radius 1 is 1.17 bits per heavy atom. The number of imide groups is 1. The number of rotatable bonds is 7. The van der Waals surface area contributed by atoms with Gasteiger partial charge in [0.05, 0.1) is 6.67 Å². The highest BCUT2D eigenvalue weighted by atomic mass is 16.2. The Labute approximate surface area is 138 Å². The monoisotopic (exact) mass is 317 g/mol. The van der Waals surface area contributed by atoms with E-state index in [0.29, 0.717) is 25.6 Å². The predicted molar refractivity (Wildman–Crippen MR) is 90.8 cm³/mol. The van der Waals surface area contributed by atoms with E-state index < -0.39 is 0 Å². The van der Waals surface area contributed by atoms with Crippen LogP contribution < -0.4 is 5.32 Å². The number of amides is 3. The largest absolute Gasteiger partial charge is 0.326 e. The second kappa shape index (κ2) is 7.59. The summed E-state index contributed by atoms with van der Waals surface area (Å²) >= 11 is 0. The van der Waals surface area contributed by atoms with Crippen molar-refractivity contribution in [1.29, 1.82) is 0 Å². The molecule has 1 aromatic rings. The smallest absolute Gasteiger partial charge is 0.325 e. The average Bonchev–Trinajstić information content (AvgIpc) is 2.75. The fraction of sp³-hybridized carbons (Fsp3) is 0.556. The van der Waals surface area contributed by atoms with E-state index in [-0.39, 0.29) is 18.0 Å². The summed E-state index contributed by atoms with van der Waals surface area (Å²) in [6.45, 7) is 7.25. The molecule has 0 spiro atoms. The Kier molecular flexibility index (Phi) is 5.77. The van der Waals surface area contributed by atoms with Gasteiger partial charge in [0.1, 0.15) is 6.04 Å². The van der Waals surface area contributed by atoms with Gasteiger partial charge in [-0.25, -0.2) is 9.69 Å². The molecule has 0 bridgehead atoms. The van der Waals surface area contributed by atoms with Gasteiger partial charge in [-0.3, -0.25) is 9.69 Å². The maximum absolute atomic E-state index is 12.3. The highest BCUT2D eigenvalue weighted by Gasteiger charge is 2.38. The highest BCUT2D eigenvalue weighted by Crippen LogP contribution is 2.15. The first-order chi connectivity index (χ1) is 10.9. The van der Waals surface area contributed by atoms with Crippen LogP contribution in [0.3, 0.4) is 0 Å². The van der Waals surface area contributed by atoms with Crippen LogP contribution in [0.2, 0.25) is 0 Å². The van der Waals surface area contributed by atoms with Crippen molar-refractivity contribution in [2.75, 3.05) is 13.7 Å². The molecule has 3 amide bonds. The SMILES string of the molecule is CCc1ccc(CN(C)CN2C(=O)N[C@@H](CC(C)C)C2=O)cc1. The number of hydrogen-bond donors (Lipinski definition) is 1. The van der Waals surface area contributed by atoms with E-state index in [4.69, 9.17) is 0 Å². The fourth-order valence-electron chi connectivity index (χ4n) is 2.83. The van der Waals surface area contributed by atoms with Crippen molar-refractivity contribution in [2.24, 2.45) is 5.92 Å². The quantitative estimate of drug-likeness (QED) is 0.787. The summed E-state index contributed by atoms with van der Waals surface area (Å²) in [7, 11) is 1.92. The van der Waals surface area contributed by atoms with Crippen LogP contribution in [0.4, 0.5) is 4.79 Å². The zero-order valence-corrected chi connectivity index (χ0v) is 14.5. The number of benzene rings is 1. The van der Waals surface area contributed by atoms with Crippen molar-refractivity contribution < 1.29 is 9.59 Å². The summed E-state index contributed by atoms with van der Waals surface area (Å²) in [6.07, 6.45) is 1.71. The van der Waals surface area contributed by atoms with Crippen molar-refractivity contribution in [2.45, 2.75) is 46.2 Å². The zero-order chi connectivity index (χ0) is 17.0. The minimum atomic E-state index is -0.375. The maximum Gasteiger partial charge on any atom is 0.325 e. The number of nitrogens with one attached hydrogen (secondary N) is 1. The molecule has 126 valence electrons. The molecule has 0 unspecified atom stereocenters. The van der Waals surface area contributed by atoms with Gasteiger partial charge in [0.2, 0.25) is 0 Å². The van der Waals surface area contributed by atoms with E-state index in [2.05, 4.69) is 36.5 Å². The Bertz CT molecular complexity index is 554. The lowest BCUT2D eigenvalue weighted by Crippen LogP contribution is -2.40. The van der Waals surface area contributed by atoms with E-state index in [1.54, 1.807) is 0 Å². The number of urea groups is 1. The zero-order valence-electron chi connectivity index (χ0n) is 14.5. The van der Waals surface area contributed by atoms with Gasteiger partial charge in [-0.1, -0.05) is 45.0 Å². The van der Waals surface area contributed by atoms with E-state index in [1.807, 2.05) is 25.8 Å². The molecule has 5 nitrogen and oxygen atoms in total. The molecule has 5 heteroatoms. The van der Waals surface area contributed by atoms with Crippen molar-refractivity contribution in [3.63, 3.8) is 0 Å². The van der Waals surface area contributed by atoms with E-state index in [1.165, 1.54) is 16.0 Å². The van der Waals surface area contributed by atoms with Gasteiger partial charge < -0.3 is 5.32 Å². The molecule has 23 heavy (non-hydrogen) atoms. The van der Waals surface area contributed by atoms with Crippen molar-refractivity contribution in [3.05, 3.63) is 35.4 Å². The Balaban J connectivity index is 1.92. The van der Waals surface area contributed by atoms with E-state index in [9.17, 15) is 9.59 Å². The first-order valence-corrected chi connectivity index (χ1v) is 8.29. The molecule has 0 aliphatic carbocycles. The Morgan fingerprint density at radius 3 is 2.35 bits per heavy atom. The lowest BCUT2D eigenvalue weighted by atomic mass is 10.0. The molecular formula is C18H27N3O2. The van der Waals surface area contributed by atoms with Crippen molar-refractivity contribution in [1.82, 2.24) is 15.1 Å². The van der Waals surface area contributed by atoms with Crippen LogP contribution >= 0.6 is 0 Å². The minimum absolute atomic E-state index is 0.114. The van der Waals surface area contributed by atoms with Gasteiger partial charge in [0, 0.05) is 6.54 Å². The average molecular weight is 317 g/mol. The molecule has 1 atom stereocenters. The summed E-state index contributed by atoms with van der Waals surface area (Å²) in [5.74, 6) is 0.260. The first-order valence-electron chi connectivity index (χ1n) is 8.29. The van der Waals surface area contributed by atoms with Crippen molar-refractivity contribution >= 4 is 11.9 Å². The predicted octanol–water partition coefficient (Wildman–Crippen LogP) is 2.60. The molecule has 1 saturated heterocycles. The number of hydrogen-bond acceptors (Lipinski definition) is 3. The summed E-state index contributed by atoms with van der Waals surface area (Å²) < 4.78 is 0. The molecule has 1 N–H and O–H groups in total. The van der Waals surface area contributed by atoms with Gasteiger partial charge in [-0.15, -0.1) is 0 Å². The normalized spacial score (nSPS) is 18.2. The minimum Gasteiger partial charge on any atom is -0.326 e. The van der Waals surface area contributed by atoms with Crippen molar-refractivity contribution in [3.8, 4) is 0 Å². The molecule has 1 fully saturated rings. The third-order valence-electron chi connectivity index (χ3n) is 4.08. The van der Waals surface area contributed by atoms with Gasteiger partial charge in [-0.05, 0) is 36.9 Å². The summed E-state index contributed by atoms with van der Waals surface area (Å²) in [5.41, 5.74) is 2.48. The van der Waals surface area contributed by atoms with Gasteiger partial charge in [-0.2, -0.15) is 0 Å². The molecule has 1 heterocycles. The highest BCUT2D eigenvalue weighted by molar-refractivity contribution is 6.04. The first kappa shape index (κ1) is 17.5. The molecule has 0 saturated carbocycles. The molecule has 1 aliphatic heterocycles. The van der Waals surface area contributed by atoms with Crippen LogP contribution in [0, 0.1) is 5.92 Å². The Hall–Kier alpha value is -1.88. The Morgan fingerprint density at radius 2 is 1.78 bits per heavy atom. The number of nitrogens with zero attached hydrogens (tertiary/aromatic N) is 2. The van der Waals surface area contributed by atoms with Gasteiger partial charge >= 0.3 is 6.03 Å². The van der Waals surface area contributed by atoms with E-state index >= 15 is 0 Å². The van der Waals surface area contributed by atoms with Crippen LogP contribution in [0.25, 0.3) is 0 Å². The third kappa shape index (κ3) is 4.55. The third-order valence-corrected chi connectivity index (χ3v) is 4.08. The molecule has 1 aliphatic rings. The van der Waals surface area contributed by atoms with Crippen LogP contribution in [0.1, 0.15) is 38.3 Å². The maximum atomic E-state index is 12.3. The molecule has 1 aromatic carbocycles. The number of aryl methyl sites for hydroxylation is 1. The standard InChI is InChI=1S/C18H27N3O2/c1-5-14-6-8-15(9-7-14)11-20(4)12-21-17(22)16(10-13(2)3)19-18(21)23/h6-9,13,16H,5,10-12H2,1-4H3,(H,19,23)/t16-/m0/s1. The molecule has 0 radical (unpaired) electrons. The number of carbonyl (C=O) groups excluding carboxylic acids is 2. The summed E-state index contributed by atoms with van der Waals surface area (Å²) in [6, 6.07) is 7.78. The second-order valence-electron chi connectivity index (χ2n) is 6.72. The van der Waals surface area contributed by atoms with Crippen LogP contribution in [-0.4, -0.2) is 41.5 Å². The summed E-state index contributed by atoms with van der Waals surface area (Å²) in [4.78, 5) is 27.6. The van der Waals surface area contributed by atoms with Crippen LogP contribution in [-0.2, 0) is 17.8 Å².